The summed E-state index contributed by atoms with van der Waals surface area (Å²) in [7, 11) is 0. The van der Waals surface area contributed by atoms with Crippen molar-refractivity contribution >= 4 is 23.1 Å². The molecule has 6 nitrogen and oxygen atoms in total. The number of nitrogens with zero attached hydrogens (tertiary/aromatic N) is 6. The van der Waals surface area contributed by atoms with E-state index in [1.165, 1.54) is 43.1 Å². The van der Waals surface area contributed by atoms with E-state index in [1.54, 1.807) is 6.33 Å². The second kappa shape index (κ2) is 6.88. The van der Waals surface area contributed by atoms with Gasteiger partial charge in [-0.05, 0) is 24.8 Å². The van der Waals surface area contributed by atoms with Gasteiger partial charge in [-0.15, -0.1) is 10.2 Å². The number of anilines is 1. The zero-order chi connectivity index (χ0) is 16.5. The zero-order valence-electron chi connectivity index (χ0n) is 14.6. The molecule has 0 saturated carbocycles. The maximum absolute atomic E-state index is 4.63. The molecule has 0 radical (unpaired) electrons. The molecule has 130 valence electrons. The lowest BCUT2D eigenvalue weighted by Gasteiger charge is -2.40. The first-order valence-electron chi connectivity index (χ1n) is 9.00. The van der Waals surface area contributed by atoms with Crippen LogP contribution in [0.15, 0.2) is 12.4 Å². The van der Waals surface area contributed by atoms with Gasteiger partial charge in [-0.25, -0.2) is 0 Å². The summed E-state index contributed by atoms with van der Waals surface area (Å²) in [6, 6.07) is 2.97. The van der Waals surface area contributed by atoms with Crippen molar-refractivity contribution in [1.29, 1.82) is 0 Å². The minimum Gasteiger partial charge on any atom is -0.368 e. The minimum absolute atomic E-state index is 0.402. The van der Waals surface area contributed by atoms with Crippen LogP contribution in [0.3, 0.4) is 0 Å². The fourth-order valence-corrected chi connectivity index (χ4v) is 4.69. The van der Waals surface area contributed by atoms with E-state index in [4.69, 9.17) is 0 Å². The molecule has 0 amide bonds. The van der Waals surface area contributed by atoms with Gasteiger partial charge in [0.25, 0.3) is 0 Å². The minimum atomic E-state index is 0.402. The van der Waals surface area contributed by atoms with E-state index in [2.05, 4.69) is 56.8 Å². The molecule has 2 fully saturated rings. The van der Waals surface area contributed by atoms with Crippen LogP contribution in [0.25, 0.3) is 5.65 Å². The van der Waals surface area contributed by atoms with Gasteiger partial charge >= 0.3 is 0 Å². The maximum Gasteiger partial charge on any atom is 0.200 e. The molecule has 2 aliphatic heterocycles. The first-order chi connectivity index (χ1) is 11.7. The fraction of sp³-hybridized carbons (Fsp3) is 0.706. The Morgan fingerprint density at radius 1 is 1.12 bits per heavy atom. The average molecular weight is 347 g/mol. The van der Waals surface area contributed by atoms with Gasteiger partial charge in [0.2, 0.25) is 5.65 Å². The van der Waals surface area contributed by atoms with Crippen LogP contribution in [0.2, 0.25) is 0 Å². The molecule has 7 heteroatoms. The lowest BCUT2D eigenvalue weighted by Crippen LogP contribution is -2.47. The Balaban J connectivity index is 1.52. The molecule has 0 aromatic carbocycles. The molecule has 2 aromatic rings. The normalized spacial score (nSPS) is 21.0. The molecular weight excluding hydrogens is 320 g/mol. The Bertz CT molecular complexity index is 685. The van der Waals surface area contributed by atoms with Gasteiger partial charge in [0.15, 0.2) is 0 Å². The first-order valence-corrected chi connectivity index (χ1v) is 10.2. The second-order valence-corrected chi connectivity index (χ2v) is 8.30. The molecule has 2 aliphatic rings. The molecule has 0 aliphatic carbocycles. The Kier molecular flexibility index (Phi) is 4.63. The summed E-state index contributed by atoms with van der Waals surface area (Å²) < 4.78 is 1.83. The first kappa shape index (κ1) is 16.1. The summed E-state index contributed by atoms with van der Waals surface area (Å²) in [4.78, 5) is 5.18. The highest BCUT2D eigenvalue weighted by Crippen LogP contribution is 2.28. The van der Waals surface area contributed by atoms with Crippen molar-refractivity contribution in [3.63, 3.8) is 0 Å². The smallest absolute Gasteiger partial charge is 0.200 e. The highest BCUT2D eigenvalue weighted by Gasteiger charge is 2.27. The van der Waals surface area contributed by atoms with Gasteiger partial charge in [0.05, 0.1) is 11.4 Å². The number of piperidine rings is 1. The predicted molar refractivity (Wildman–Crippen MR) is 99.0 cm³/mol. The van der Waals surface area contributed by atoms with E-state index in [9.17, 15) is 0 Å². The molecule has 0 bridgehead atoms. The largest absolute Gasteiger partial charge is 0.368 e. The maximum atomic E-state index is 4.63. The number of thioether (sulfide) groups is 1. The Morgan fingerprint density at radius 3 is 2.58 bits per heavy atom. The highest BCUT2D eigenvalue weighted by atomic mass is 32.2. The Labute approximate surface area is 147 Å². The van der Waals surface area contributed by atoms with Crippen molar-refractivity contribution in [3.05, 3.63) is 18.1 Å². The third kappa shape index (κ3) is 3.11. The van der Waals surface area contributed by atoms with Crippen LogP contribution in [0.1, 0.15) is 38.3 Å². The van der Waals surface area contributed by atoms with Crippen LogP contribution in [0.4, 0.5) is 5.69 Å². The molecular formula is C17H26N6S. The van der Waals surface area contributed by atoms with Crippen molar-refractivity contribution in [2.45, 2.75) is 38.6 Å². The van der Waals surface area contributed by atoms with Gasteiger partial charge in [-0.1, -0.05) is 13.8 Å². The van der Waals surface area contributed by atoms with Crippen molar-refractivity contribution in [2.24, 2.45) is 0 Å². The third-order valence-electron chi connectivity index (χ3n) is 5.23. The summed E-state index contributed by atoms with van der Waals surface area (Å²) in [6.07, 6.45) is 4.19. The van der Waals surface area contributed by atoms with Crippen LogP contribution < -0.4 is 4.90 Å². The van der Waals surface area contributed by atoms with Crippen LogP contribution >= 0.6 is 11.8 Å². The zero-order valence-corrected chi connectivity index (χ0v) is 15.4. The average Bonchev–Trinajstić information content (AvgIpc) is 3.10. The Hall–Kier alpha value is -1.34. The van der Waals surface area contributed by atoms with Gasteiger partial charge in [-0.3, -0.25) is 4.90 Å². The van der Waals surface area contributed by atoms with E-state index in [0.29, 0.717) is 5.92 Å². The summed E-state index contributed by atoms with van der Waals surface area (Å²) in [6.45, 7) is 9.08. The van der Waals surface area contributed by atoms with E-state index < -0.39 is 0 Å². The number of aromatic nitrogens is 4. The Morgan fingerprint density at radius 2 is 1.88 bits per heavy atom. The summed E-state index contributed by atoms with van der Waals surface area (Å²) in [5.74, 6) is 2.99. The molecule has 2 saturated heterocycles. The third-order valence-corrected chi connectivity index (χ3v) is 6.17. The van der Waals surface area contributed by atoms with Crippen molar-refractivity contribution in [3.8, 4) is 0 Å². The van der Waals surface area contributed by atoms with Crippen molar-refractivity contribution < 1.29 is 0 Å². The number of rotatable bonds is 3. The molecule has 24 heavy (non-hydrogen) atoms. The van der Waals surface area contributed by atoms with E-state index in [-0.39, 0.29) is 0 Å². The summed E-state index contributed by atoms with van der Waals surface area (Å²) >= 11 is 2.09. The SMILES string of the molecule is CC(C)c1cc(N2CCC(N3CCSCC3)CC2)c2nncn2n1. The standard InChI is InChI=1S/C17H26N6S/c1-13(2)15-11-16(17-19-18-12-23(17)20-15)22-5-3-14(4-6-22)21-7-9-24-10-8-21/h11-14H,3-10H2,1-2H3. The van der Waals surface area contributed by atoms with Crippen molar-refractivity contribution in [2.75, 3.05) is 42.6 Å². The van der Waals surface area contributed by atoms with E-state index >= 15 is 0 Å². The molecule has 0 atom stereocenters. The lowest BCUT2D eigenvalue weighted by molar-refractivity contribution is 0.186. The van der Waals surface area contributed by atoms with Gasteiger partial charge in [0.1, 0.15) is 6.33 Å². The van der Waals surface area contributed by atoms with E-state index in [0.717, 1.165) is 30.5 Å². The molecule has 2 aromatic heterocycles. The van der Waals surface area contributed by atoms with Crippen LogP contribution in [-0.2, 0) is 0 Å². The van der Waals surface area contributed by atoms with Gasteiger partial charge < -0.3 is 4.90 Å². The quantitative estimate of drug-likeness (QED) is 0.850. The number of fused-ring (bicyclic) bond motifs is 1. The molecule has 0 N–H and O–H groups in total. The second-order valence-electron chi connectivity index (χ2n) is 7.07. The summed E-state index contributed by atoms with van der Waals surface area (Å²) in [5.41, 5.74) is 3.18. The van der Waals surface area contributed by atoms with E-state index in [1.807, 2.05) is 4.52 Å². The fourth-order valence-electron chi connectivity index (χ4n) is 3.76. The van der Waals surface area contributed by atoms with Gasteiger partial charge in [0, 0.05) is 43.7 Å². The molecule has 0 unspecified atom stereocenters. The topological polar surface area (TPSA) is 49.6 Å². The predicted octanol–water partition coefficient (Wildman–Crippen LogP) is 2.27. The van der Waals surface area contributed by atoms with Crippen molar-refractivity contribution in [1.82, 2.24) is 24.7 Å². The number of hydrogen-bond donors (Lipinski definition) is 0. The number of hydrogen-bond acceptors (Lipinski definition) is 6. The molecule has 4 heterocycles. The lowest BCUT2D eigenvalue weighted by atomic mass is 10.0. The van der Waals surface area contributed by atoms with Crippen LogP contribution in [-0.4, -0.2) is 68.4 Å². The molecule has 0 spiro atoms. The van der Waals surface area contributed by atoms with Crippen LogP contribution in [0, 0.1) is 0 Å². The highest BCUT2D eigenvalue weighted by molar-refractivity contribution is 7.99. The monoisotopic (exact) mass is 346 g/mol. The van der Waals surface area contributed by atoms with Crippen LogP contribution in [0.5, 0.6) is 0 Å². The van der Waals surface area contributed by atoms with Gasteiger partial charge in [-0.2, -0.15) is 21.4 Å². The summed E-state index contributed by atoms with van der Waals surface area (Å²) in [5, 5.41) is 13.0. The molecule has 4 rings (SSSR count).